The van der Waals surface area contributed by atoms with Crippen molar-refractivity contribution in [2.24, 2.45) is 0 Å². The Morgan fingerprint density at radius 3 is 2.88 bits per heavy atom. The Bertz CT molecular complexity index is 698. The Hall–Kier alpha value is -2.44. The summed E-state index contributed by atoms with van der Waals surface area (Å²) in [4.78, 5) is 14.5. The molecule has 134 valence electrons. The first-order valence-electron chi connectivity index (χ1n) is 8.92. The highest BCUT2D eigenvalue weighted by molar-refractivity contribution is 5.82. The lowest BCUT2D eigenvalue weighted by Crippen LogP contribution is -2.35. The van der Waals surface area contributed by atoms with Crippen LogP contribution in [0.25, 0.3) is 0 Å². The van der Waals surface area contributed by atoms with E-state index < -0.39 is 0 Å². The number of likely N-dealkylation sites (N-methyl/N-ethyl adjacent to an activating group) is 1. The molecule has 1 aromatic carbocycles. The third-order valence-corrected chi connectivity index (χ3v) is 4.69. The highest BCUT2D eigenvalue weighted by atomic mass is 16.5. The lowest BCUT2D eigenvalue weighted by atomic mass is 10.0. The molecule has 0 radical (unpaired) electrons. The molecule has 7 nitrogen and oxygen atoms in total. The molecule has 0 spiro atoms. The summed E-state index contributed by atoms with van der Waals surface area (Å²) in [6.07, 6.45) is 3.80. The molecular weight excluding hydrogens is 318 g/mol. The van der Waals surface area contributed by atoms with Crippen molar-refractivity contribution >= 4 is 5.91 Å². The van der Waals surface area contributed by atoms with Crippen LogP contribution in [-0.4, -0.2) is 51.2 Å². The maximum absolute atomic E-state index is 12.8. The summed E-state index contributed by atoms with van der Waals surface area (Å²) in [6.45, 7) is 3.91. The van der Waals surface area contributed by atoms with Gasteiger partial charge in [0.2, 0.25) is 5.91 Å². The van der Waals surface area contributed by atoms with Gasteiger partial charge in [0.05, 0.1) is 12.5 Å². The zero-order chi connectivity index (χ0) is 17.6. The Labute approximate surface area is 148 Å². The van der Waals surface area contributed by atoms with E-state index in [2.05, 4.69) is 34.6 Å². The largest absolute Gasteiger partial charge is 0.492 e. The van der Waals surface area contributed by atoms with Gasteiger partial charge in [-0.3, -0.25) is 4.79 Å². The normalized spacial score (nSPS) is 16.8. The lowest BCUT2D eigenvalue weighted by Gasteiger charge is -2.22. The van der Waals surface area contributed by atoms with E-state index in [-0.39, 0.29) is 11.8 Å². The number of tetrazole rings is 1. The highest BCUT2D eigenvalue weighted by Gasteiger charge is 2.30. The van der Waals surface area contributed by atoms with Crippen LogP contribution in [0.2, 0.25) is 0 Å². The molecule has 2 aromatic rings. The van der Waals surface area contributed by atoms with E-state index in [1.165, 1.54) is 5.56 Å². The second-order valence-electron chi connectivity index (χ2n) is 6.41. The van der Waals surface area contributed by atoms with Crippen LogP contribution in [0.4, 0.5) is 0 Å². The number of hydrogen-bond acceptors (Lipinski definition) is 5. The Morgan fingerprint density at radius 1 is 1.32 bits per heavy atom. The fourth-order valence-electron chi connectivity index (χ4n) is 3.09. The molecule has 0 saturated heterocycles. The molecule has 1 aliphatic rings. The molecule has 1 aliphatic heterocycles. The summed E-state index contributed by atoms with van der Waals surface area (Å²) in [6, 6.07) is 8.07. The zero-order valence-corrected chi connectivity index (χ0v) is 14.9. The molecule has 7 heteroatoms. The number of hydrogen-bond donors (Lipinski definition) is 0. The van der Waals surface area contributed by atoms with Gasteiger partial charge in [0.1, 0.15) is 12.4 Å². The number of nitrogens with zero attached hydrogens (tertiary/aromatic N) is 5. The van der Waals surface area contributed by atoms with Crippen molar-refractivity contribution in [3.8, 4) is 5.75 Å². The number of amides is 1. The molecule has 1 amide bonds. The number of aryl methyl sites for hydroxylation is 2. The number of fused-ring (bicyclic) bond motifs is 1. The summed E-state index contributed by atoms with van der Waals surface area (Å²) in [5, 5.41) is 11.8. The fourth-order valence-corrected chi connectivity index (χ4v) is 3.09. The van der Waals surface area contributed by atoms with E-state index >= 15 is 0 Å². The summed E-state index contributed by atoms with van der Waals surface area (Å²) in [7, 11) is 1.81. The van der Waals surface area contributed by atoms with E-state index in [0.717, 1.165) is 38.0 Å². The van der Waals surface area contributed by atoms with Gasteiger partial charge in [0.25, 0.3) is 0 Å². The molecule has 0 aliphatic carbocycles. The third kappa shape index (κ3) is 4.15. The Balaban J connectivity index is 1.54. The quantitative estimate of drug-likeness (QED) is 0.802. The van der Waals surface area contributed by atoms with Crippen molar-refractivity contribution in [2.75, 3.05) is 20.2 Å². The molecule has 1 unspecified atom stereocenters. The molecule has 0 fully saturated rings. The maximum atomic E-state index is 12.8. The number of rotatable bonds is 6. The SMILES string of the molecule is CCc1ccc(OCCN(C)C(=O)C2CCCCn3nnnc32)cc1. The molecule has 25 heavy (non-hydrogen) atoms. The van der Waals surface area contributed by atoms with Gasteiger partial charge < -0.3 is 9.64 Å². The first-order valence-corrected chi connectivity index (χ1v) is 8.92. The minimum atomic E-state index is -0.258. The second-order valence-corrected chi connectivity index (χ2v) is 6.41. The van der Waals surface area contributed by atoms with Crippen molar-refractivity contribution in [1.29, 1.82) is 0 Å². The number of aromatic nitrogens is 4. The summed E-state index contributed by atoms with van der Waals surface area (Å²) >= 11 is 0. The summed E-state index contributed by atoms with van der Waals surface area (Å²) in [5.74, 6) is 1.32. The van der Waals surface area contributed by atoms with E-state index in [9.17, 15) is 4.79 Å². The maximum Gasteiger partial charge on any atom is 0.233 e. The number of carbonyl (C=O) groups is 1. The van der Waals surface area contributed by atoms with Crippen LogP contribution in [0.15, 0.2) is 24.3 Å². The molecule has 3 rings (SSSR count). The van der Waals surface area contributed by atoms with Gasteiger partial charge in [-0.05, 0) is 47.4 Å². The summed E-state index contributed by atoms with van der Waals surface area (Å²) in [5.41, 5.74) is 1.28. The third-order valence-electron chi connectivity index (χ3n) is 4.69. The van der Waals surface area contributed by atoms with Gasteiger partial charge >= 0.3 is 0 Å². The van der Waals surface area contributed by atoms with Crippen LogP contribution in [0.3, 0.4) is 0 Å². The molecule has 0 bridgehead atoms. The predicted molar refractivity (Wildman–Crippen MR) is 93.4 cm³/mol. The smallest absolute Gasteiger partial charge is 0.233 e. The highest BCUT2D eigenvalue weighted by Crippen LogP contribution is 2.25. The number of benzene rings is 1. The first kappa shape index (κ1) is 17.4. The van der Waals surface area contributed by atoms with Crippen LogP contribution in [-0.2, 0) is 17.8 Å². The average Bonchev–Trinajstić information content (AvgIpc) is 3.01. The van der Waals surface area contributed by atoms with Gasteiger partial charge in [-0.25, -0.2) is 4.68 Å². The van der Waals surface area contributed by atoms with Crippen LogP contribution in [0.5, 0.6) is 5.75 Å². The minimum Gasteiger partial charge on any atom is -0.492 e. The predicted octanol–water partition coefficient (Wildman–Crippen LogP) is 2.04. The van der Waals surface area contributed by atoms with Crippen molar-refractivity contribution in [3.63, 3.8) is 0 Å². The van der Waals surface area contributed by atoms with Crippen molar-refractivity contribution in [3.05, 3.63) is 35.7 Å². The molecule has 0 N–H and O–H groups in total. The van der Waals surface area contributed by atoms with Gasteiger partial charge in [0.15, 0.2) is 5.82 Å². The molecule has 1 aromatic heterocycles. The monoisotopic (exact) mass is 343 g/mol. The van der Waals surface area contributed by atoms with Crippen LogP contribution < -0.4 is 4.74 Å². The van der Waals surface area contributed by atoms with Crippen molar-refractivity contribution in [2.45, 2.75) is 45.1 Å². The van der Waals surface area contributed by atoms with Crippen molar-refractivity contribution in [1.82, 2.24) is 25.1 Å². The van der Waals surface area contributed by atoms with Crippen LogP contribution in [0, 0.1) is 0 Å². The van der Waals surface area contributed by atoms with Crippen LogP contribution >= 0.6 is 0 Å². The van der Waals surface area contributed by atoms with Gasteiger partial charge in [-0.15, -0.1) is 5.10 Å². The molecule has 0 saturated carbocycles. The van der Waals surface area contributed by atoms with E-state index in [1.807, 2.05) is 19.2 Å². The Morgan fingerprint density at radius 2 is 2.12 bits per heavy atom. The van der Waals surface area contributed by atoms with Gasteiger partial charge in [0, 0.05) is 13.6 Å². The topological polar surface area (TPSA) is 73.1 Å². The number of carbonyl (C=O) groups excluding carboxylic acids is 1. The molecular formula is C18H25N5O2. The average molecular weight is 343 g/mol. The number of ether oxygens (including phenoxy) is 1. The first-order chi connectivity index (χ1) is 12.2. The minimum absolute atomic E-state index is 0.0582. The zero-order valence-electron chi connectivity index (χ0n) is 14.9. The lowest BCUT2D eigenvalue weighted by molar-refractivity contribution is -0.132. The molecule has 1 atom stereocenters. The van der Waals surface area contributed by atoms with E-state index in [4.69, 9.17) is 4.74 Å². The van der Waals surface area contributed by atoms with E-state index in [0.29, 0.717) is 19.0 Å². The Kier molecular flexibility index (Phi) is 5.63. The van der Waals surface area contributed by atoms with Gasteiger partial charge in [-0.1, -0.05) is 25.5 Å². The summed E-state index contributed by atoms with van der Waals surface area (Å²) < 4.78 is 7.51. The van der Waals surface area contributed by atoms with Crippen molar-refractivity contribution < 1.29 is 9.53 Å². The van der Waals surface area contributed by atoms with E-state index in [1.54, 1.807) is 9.58 Å². The second kappa shape index (κ2) is 8.09. The fraction of sp³-hybridized carbons (Fsp3) is 0.556. The van der Waals surface area contributed by atoms with Crippen LogP contribution in [0.1, 0.15) is 43.5 Å². The molecule has 2 heterocycles. The standard InChI is InChI=1S/C18H25N5O2/c1-3-14-7-9-15(10-8-14)25-13-12-22(2)18(24)16-6-4-5-11-23-17(16)19-20-21-23/h7-10,16H,3-6,11-13H2,1-2H3. The van der Waals surface area contributed by atoms with Gasteiger partial charge in [-0.2, -0.15) is 0 Å².